The first-order valence-electron chi connectivity index (χ1n) is 3.24. The average Bonchev–Trinajstić information content (AvgIpc) is 2.07. The van der Waals surface area contributed by atoms with Gasteiger partial charge in [0.15, 0.2) is 0 Å². The molecule has 0 heterocycles. The fourth-order valence-corrected chi connectivity index (χ4v) is 3.81. The van der Waals surface area contributed by atoms with Crippen LogP contribution < -0.4 is 0 Å². The molecule has 0 radical (unpaired) electrons. The molecule has 0 aromatic heterocycles. The number of nitriles is 1. The second-order valence-electron chi connectivity index (χ2n) is 2.32. The van der Waals surface area contributed by atoms with Crippen molar-refractivity contribution in [2.75, 3.05) is 0 Å². The van der Waals surface area contributed by atoms with E-state index in [4.69, 9.17) is 15.9 Å². The summed E-state index contributed by atoms with van der Waals surface area (Å²) < 4.78 is 22.5. The minimum atomic E-state index is -3.77. The van der Waals surface area contributed by atoms with Crippen LogP contribution in [-0.4, -0.2) is 8.42 Å². The molecule has 7 heteroatoms. The lowest BCUT2D eigenvalue weighted by Gasteiger charge is -2.04. The largest absolute Gasteiger partial charge is 0.262 e. The SMILES string of the molecule is N#Cc1ccc(S(=O)(=O)Cl)c(I)c1S. The molecule has 0 aliphatic carbocycles. The van der Waals surface area contributed by atoms with Gasteiger partial charge in [0, 0.05) is 19.1 Å². The van der Waals surface area contributed by atoms with Gasteiger partial charge >= 0.3 is 0 Å². The van der Waals surface area contributed by atoms with Crippen molar-refractivity contribution < 1.29 is 8.42 Å². The van der Waals surface area contributed by atoms with E-state index in [1.165, 1.54) is 12.1 Å². The predicted molar refractivity (Wildman–Crippen MR) is 64.2 cm³/mol. The molecule has 0 unspecified atom stereocenters. The van der Waals surface area contributed by atoms with Gasteiger partial charge in [-0.2, -0.15) is 5.26 Å². The van der Waals surface area contributed by atoms with E-state index in [1.54, 1.807) is 22.6 Å². The van der Waals surface area contributed by atoms with Gasteiger partial charge in [-0.3, -0.25) is 0 Å². The van der Waals surface area contributed by atoms with Crippen LogP contribution in [0.25, 0.3) is 0 Å². The molecular weight excluding hydrogens is 357 g/mol. The van der Waals surface area contributed by atoms with Crippen LogP contribution in [0, 0.1) is 14.9 Å². The Balaban J connectivity index is 3.57. The lowest BCUT2D eigenvalue weighted by atomic mass is 10.2. The number of halogens is 2. The number of nitrogens with zero attached hydrogens (tertiary/aromatic N) is 1. The molecule has 0 N–H and O–H groups in total. The molecule has 3 nitrogen and oxygen atoms in total. The highest BCUT2D eigenvalue weighted by molar-refractivity contribution is 14.1. The van der Waals surface area contributed by atoms with Gasteiger partial charge in [-0.25, -0.2) is 8.42 Å². The number of rotatable bonds is 1. The van der Waals surface area contributed by atoms with Crippen molar-refractivity contribution in [3.63, 3.8) is 0 Å². The van der Waals surface area contributed by atoms with Gasteiger partial charge in [0.05, 0.1) is 10.5 Å². The van der Waals surface area contributed by atoms with Gasteiger partial charge in [-0.15, -0.1) is 12.6 Å². The van der Waals surface area contributed by atoms with Crippen LogP contribution in [0.3, 0.4) is 0 Å². The van der Waals surface area contributed by atoms with Gasteiger partial charge < -0.3 is 0 Å². The van der Waals surface area contributed by atoms with Gasteiger partial charge in [-0.1, -0.05) is 0 Å². The van der Waals surface area contributed by atoms with E-state index in [9.17, 15) is 8.42 Å². The summed E-state index contributed by atoms with van der Waals surface area (Å²) in [6.07, 6.45) is 0. The van der Waals surface area contributed by atoms with Gasteiger partial charge in [-0.05, 0) is 34.7 Å². The van der Waals surface area contributed by atoms with E-state index in [2.05, 4.69) is 12.6 Å². The molecule has 1 aromatic carbocycles. The predicted octanol–water partition coefficient (Wildman–Crippen LogP) is 2.38. The molecule has 0 aliphatic heterocycles. The number of benzene rings is 1. The van der Waals surface area contributed by atoms with Crippen molar-refractivity contribution in [2.24, 2.45) is 0 Å². The molecule has 0 aliphatic rings. The minimum Gasteiger partial charge on any atom is -0.207 e. The standard InChI is InChI=1S/C7H3ClINO2S2/c8-14(11,12)5-2-1-4(3-10)7(13)6(5)9/h1-2,13H. The molecule has 0 bridgehead atoms. The molecule has 74 valence electrons. The number of hydrogen-bond donors (Lipinski definition) is 1. The molecule has 0 spiro atoms. The molecule has 1 rings (SSSR count). The zero-order valence-electron chi connectivity index (χ0n) is 6.53. The lowest BCUT2D eigenvalue weighted by Crippen LogP contribution is -1.96. The van der Waals surface area contributed by atoms with Crippen LogP contribution in [0.2, 0.25) is 0 Å². The Morgan fingerprint density at radius 2 is 2.07 bits per heavy atom. The van der Waals surface area contributed by atoms with Crippen molar-refractivity contribution in [1.82, 2.24) is 0 Å². The van der Waals surface area contributed by atoms with Crippen molar-refractivity contribution in [1.29, 1.82) is 5.26 Å². The molecular formula is C7H3ClINO2S2. The van der Waals surface area contributed by atoms with Crippen LogP contribution in [0.4, 0.5) is 0 Å². The summed E-state index contributed by atoms with van der Waals surface area (Å²) in [5, 5.41) is 8.65. The monoisotopic (exact) mass is 359 g/mol. The summed E-state index contributed by atoms with van der Waals surface area (Å²) in [6, 6.07) is 4.56. The van der Waals surface area contributed by atoms with Crippen molar-refractivity contribution in [2.45, 2.75) is 9.79 Å². The Bertz CT molecular complexity index is 521. The first-order valence-corrected chi connectivity index (χ1v) is 7.07. The van der Waals surface area contributed by atoms with E-state index in [0.717, 1.165) is 0 Å². The van der Waals surface area contributed by atoms with Crippen LogP contribution in [0.1, 0.15) is 5.56 Å². The molecule has 0 saturated carbocycles. The quantitative estimate of drug-likeness (QED) is 0.476. The van der Waals surface area contributed by atoms with Crippen LogP contribution in [0.15, 0.2) is 21.9 Å². The molecule has 1 aromatic rings. The van der Waals surface area contributed by atoms with Gasteiger partial charge in [0.2, 0.25) is 0 Å². The highest BCUT2D eigenvalue weighted by atomic mass is 127. The topological polar surface area (TPSA) is 57.9 Å². The van der Waals surface area contributed by atoms with E-state index >= 15 is 0 Å². The summed E-state index contributed by atoms with van der Waals surface area (Å²) in [5.41, 5.74) is 0.321. The third kappa shape index (κ3) is 2.34. The fraction of sp³-hybridized carbons (Fsp3) is 0. The fourth-order valence-electron chi connectivity index (χ4n) is 0.825. The first kappa shape index (κ1) is 12.1. The summed E-state index contributed by atoms with van der Waals surface area (Å²) in [4.78, 5) is 0.304. The second-order valence-corrected chi connectivity index (χ2v) is 6.38. The van der Waals surface area contributed by atoms with E-state index in [1.807, 2.05) is 6.07 Å². The maximum absolute atomic E-state index is 11.0. The Labute approximate surface area is 105 Å². The Hall–Kier alpha value is 0.0300. The maximum Gasteiger partial charge on any atom is 0.262 e. The second kappa shape index (κ2) is 4.26. The van der Waals surface area contributed by atoms with E-state index in [0.29, 0.717) is 14.0 Å². The lowest BCUT2D eigenvalue weighted by molar-refractivity contribution is 0.609. The van der Waals surface area contributed by atoms with E-state index < -0.39 is 9.05 Å². The zero-order chi connectivity index (χ0) is 10.9. The van der Waals surface area contributed by atoms with Crippen molar-refractivity contribution >= 4 is 55.0 Å². The molecule has 0 atom stereocenters. The maximum atomic E-state index is 11.0. The summed E-state index contributed by atoms with van der Waals surface area (Å²) in [5.74, 6) is 0. The summed E-state index contributed by atoms with van der Waals surface area (Å²) >= 11 is 5.83. The Kier molecular flexibility index (Phi) is 3.69. The average molecular weight is 360 g/mol. The van der Waals surface area contributed by atoms with Gasteiger partial charge in [0.1, 0.15) is 6.07 Å². The Morgan fingerprint density at radius 1 is 1.50 bits per heavy atom. The van der Waals surface area contributed by atoms with Gasteiger partial charge in [0.25, 0.3) is 9.05 Å². The molecule has 0 fully saturated rings. The summed E-state index contributed by atoms with van der Waals surface area (Å²) in [7, 11) is 1.41. The molecule has 0 amide bonds. The summed E-state index contributed by atoms with van der Waals surface area (Å²) in [6.45, 7) is 0. The van der Waals surface area contributed by atoms with E-state index in [-0.39, 0.29) is 4.90 Å². The third-order valence-electron chi connectivity index (χ3n) is 1.46. The third-order valence-corrected chi connectivity index (χ3v) is 5.21. The Morgan fingerprint density at radius 3 is 2.50 bits per heavy atom. The smallest absolute Gasteiger partial charge is 0.207 e. The highest BCUT2D eigenvalue weighted by Gasteiger charge is 2.17. The van der Waals surface area contributed by atoms with Crippen molar-refractivity contribution in [3.05, 3.63) is 21.3 Å². The molecule has 14 heavy (non-hydrogen) atoms. The van der Waals surface area contributed by atoms with Crippen LogP contribution >= 0.6 is 45.9 Å². The van der Waals surface area contributed by atoms with Crippen molar-refractivity contribution in [3.8, 4) is 6.07 Å². The van der Waals surface area contributed by atoms with Crippen LogP contribution in [0.5, 0.6) is 0 Å². The first-order chi connectivity index (χ1) is 6.38. The van der Waals surface area contributed by atoms with Crippen LogP contribution in [-0.2, 0) is 9.05 Å². The highest BCUT2D eigenvalue weighted by Crippen LogP contribution is 2.29. The number of thiol groups is 1. The normalized spacial score (nSPS) is 11.0. The molecule has 0 saturated heterocycles. The zero-order valence-corrected chi connectivity index (χ0v) is 11.2. The minimum absolute atomic E-state index is 0.0243. The number of hydrogen-bond acceptors (Lipinski definition) is 4.